The van der Waals surface area contributed by atoms with Crippen molar-refractivity contribution in [1.29, 1.82) is 5.26 Å². The Balaban J connectivity index is 1.90. The highest BCUT2D eigenvalue weighted by Gasteiger charge is 2.08. The Bertz CT molecular complexity index is 393. The summed E-state index contributed by atoms with van der Waals surface area (Å²) in [5, 5.41) is 12.2. The van der Waals surface area contributed by atoms with Crippen LogP contribution in [0.25, 0.3) is 0 Å². The topological polar surface area (TPSA) is 35.8 Å². The molecule has 2 heteroatoms. The third-order valence-corrected chi connectivity index (χ3v) is 2.66. The van der Waals surface area contributed by atoms with Gasteiger partial charge in [-0.3, -0.25) is 0 Å². The van der Waals surface area contributed by atoms with Gasteiger partial charge in [0.25, 0.3) is 0 Å². The first-order chi connectivity index (χ1) is 7.38. The Hall–Kier alpha value is -1.59. The Morgan fingerprint density at radius 3 is 2.87 bits per heavy atom. The van der Waals surface area contributed by atoms with Crippen LogP contribution in [-0.2, 0) is 6.54 Å². The SMILES string of the molecule is N#Cc1cccc(CNC2CC=CC2)c1. The van der Waals surface area contributed by atoms with Crippen molar-refractivity contribution in [1.82, 2.24) is 5.32 Å². The van der Waals surface area contributed by atoms with Crippen LogP contribution in [0.2, 0.25) is 0 Å². The van der Waals surface area contributed by atoms with Crippen LogP contribution >= 0.6 is 0 Å². The highest BCUT2D eigenvalue weighted by molar-refractivity contribution is 5.32. The van der Waals surface area contributed by atoms with Gasteiger partial charge in [0.05, 0.1) is 11.6 Å². The lowest BCUT2D eigenvalue weighted by molar-refractivity contribution is 0.538. The monoisotopic (exact) mass is 198 g/mol. The molecule has 2 nitrogen and oxygen atoms in total. The first-order valence-electron chi connectivity index (χ1n) is 5.26. The number of nitrogens with zero attached hydrogens (tertiary/aromatic N) is 1. The van der Waals surface area contributed by atoms with Crippen LogP contribution in [0.4, 0.5) is 0 Å². The lowest BCUT2D eigenvalue weighted by Crippen LogP contribution is -2.25. The van der Waals surface area contributed by atoms with Crippen LogP contribution in [0, 0.1) is 11.3 Å². The summed E-state index contributed by atoms with van der Waals surface area (Å²) in [5.74, 6) is 0. The van der Waals surface area contributed by atoms with Gasteiger partial charge in [0.2, 0.25) is 0 Å². The first kappa shape index (κ1) is 9.95. The van der Waals surface area contributed by atoms with E-state index in [1.807, 2.05) is 18.2 Å². The van der Waals surface area contributed by atoms with Gasteiger partial charge in [-0.05, 0) is 30.5 Å². The van der Waals surface area contributed by atoms with E-state index in [0.29, 0.717) is 6.04 Å². The molecule has 0 bridgehead atoms. The zero-order valence-electron chi connectivity index (χ0n) is 8.61. The molecule has 0 spiro atoms. The molecule has 0 saturated heterocycles. The normalized spacial score (nSPS) is 15.4. The zero-order chi connectivity index (χ0) is 10.5. The van der Waals surface area contributed by atoms with Crippen LogP contribution in [0.3, 0.4) is 0 Å². The van der Waals surface area contributed by atoms with Gasteiger partial charge >= 0.3 is 0 Å². The number of nitriles is 1. The third-order valence-electron chi connectivity index (χ3n) is 2.66. The van der Waals surface area contributed by atoms with Crippen molar-refractivity contribution in [2.45, 2.75) is 25.4 Å². The maximum atomic E-state index is 8.76. The van der Waals surface area contributed by atoms with Crippen LogP contribution < -0.4 is 5.32 Å². The number of hydrogen-bond acceptors (Lipinski definition) is 2. The average molecular weight is 198 g/mol. The van der Waals surface area contributed by atoms with Gasteiger partial charge in [0.1, 0.15) is 0 Å². The molecule has 1 aliphatic carbocycles. The fourth-order valence-electron chi connectivity index (χ4n) is 1.80. The lowest BCUT2D eigenvalue weighted by Gasteiger charge is -2.11. The van der Waals surface area contributed by atoms with Gasteiger partial charge in [-0.2, -0.15) is 5.26 Å². The van der Waals surface area contributed by atoms with Gasteiger partial charge in [0, 0.05) is 12.6 Å². The number of benzene rings is 1. The van der Waals surface area contributed by atoms with Crippen molar-refractivity contribution < 1.29 is 0 Å². The van der Waals surface area contributed by atoms with Gasteiger partial charge in [0.15, 0.2) is 0 Å². The largest absolute Gasteiger partial charge is 0.309 e. The van der Waals surface area contributed by atoms with Crippen molar-refractivity contribution in [2.24, 2.45) is 0 Å². The van der Waals surface area contributed by atoms with Crippen molar-refractivity contribution in [3.63, 3.8) is 0 Å². The molecule has 0 unspecified atom stereocenters. The predicted molar refractivity (Wildman–Crippen MR) is 60.2 cm³/mol. The molecule has 0 radical (unpaired) electrons. The molecule has 1 aliphatic rings. The van der Waals surface area contributed by atoms with E-state index in [1.165, 1.54) is 5.56 Å². The minimum Gasteiger partial charge on any atom is -0.309 e. The summed E-state index contributed by atoms with van der Waals surface area (Å²) >= 11 is 0. The smallest absolute Gasteiger partial charge is 0.0991 e. The zero-order valence-corrected chi connectivity index (χ0v) is 8.61. The lowest BCUT2D eigenvalue weighted by atomic mass is 10.1. The Morgan fingerprint density at radius 1 is 1.33 bits per heavy atom. The molecule has 1 aromatic rings. The minimum absolute atomic E-state index is 0.579. The number of nitrogens with one attached hydrogen (secondary N) is 1. The quantitative estimate of drug-likeness (QED) is 0.757. The summed E-state index contributed by atoms with van der Waals surface area (Å²) in [5.41, 5.74) is 1.92. The summed E-state index contributed by atoms with van der Waals surface area (Å²) in [6.07, 6.45) is 6.67. The predicted octanol–water partition coefficient (Wildman–Crippen LogP) is 2.37. The van der Waals surface area contributed by atoms with Crippen molar-refractivity contribution in [3.05, 3.63) is 47.5 Å². The van der Waals surface area contributed by atoms with E-state index in [9.17, 15) is 0 Å². The summed E-state index contributed by atoms with van der Waals surface area (Å²) in [7, 11) is 0. The first-order valence-corrected chi connectivity index (χ1v) is 5.26. The fourth-order valence-corrected chi connectivity index (χ4v) is 1.80. The van der Waals surface area contributed by atoms with E-state index in [0.717, 1.165) is 24.9 Å². The van der Waals surface area contributed by atoms with E-state index in [1.54, 1.807) is 0 Å². The molecule has 2 rings (SSSR count). The van der Waals surface area contributed by atoms with Crippen LogP contribution in [0.15, 0.2) is 36.4 Å². The van der Waals surface area contributed by atoms with Crippen molar-refractivity contribution in [2.75, 3.05) is 0 Å². The fraction of sp³-hybridized carbons (Fsp3) is 0.308. The summed E-state index contributed by atoms with van der Waals surface area (Å²) in [4.78, 5) is 0. The van der Waals surface area contributed by atoms with E-state index >= 15 is 0 Å². The maximum Gasteiger partial charge on any atom is 0.0991 e. The Morgan fingerprint density at radius 2 is 2.13 bits per heavy atom. The van der Waals surface area contributed by atoms with Crippen LogP contribution in [0.5, 0.6) is 0 Å². The average Bonchev–Trinajstić information content (AvgIpc) is 2.79. The molecule has 0 heterocycles. The molecule has 0 amide bonds. The van der Waals surface area contributed by atoms with Gasteiger partial charge in [-0.1, -0.05) is 24.3 Å². The molecule has 0 atom stereocenters. The molecule has 0 aromatic heterocycles. The van der Waals surface area contributed by atoms with Crippen LogP contribution in [0.1, 0.15) is 24.0 Å². The van der Waals surface area contributed by atoms with Crippen molar-refractivity contribution in [3.8, 4) is 6.07 Å². The Labute approximate surface area is 90.2 Å². The van der Waals surface area contributed by atoms with Crippen LogP contribution in [-0.4, -0.2) is 6.04 Å². The molecule has 0 fully saturated rings. The van der Waals surface area contributed by atoms with E-state index < -0.39 is 0 Å². The van der Waals surface area contributed by atoms with Crippen molar-refractivity contribution >= 4 is 0 Å². The van der Waals surface area contributed by atoms with Gasteiger partial charge < -0.3 is 5.32 Å². The minimum atomic E-state index is 0.579. The van der Waals surface area contributed by atoms with E-state index in [4.69, 9.17) is 5.26 Å². The molecular weight excluding hydrogens is 184 g/mol. The molecule has 76 valence electrons. The van der Waals surface area contributed by atoms with Gasteiger partial charge in [-0.15, -0.1) is 0 Å². The van der Waals surface area contributed by atoms with E-state index in [2.05, 4.69) is 29.6 Å². The second-order valence-electron chi connectivity index (χ2n) is 3.83. The molecule has 1 N–H and O–H groups in total. The van der Waals surface area contributed by atoms with Gasteiger partial charge in [-0.25, -0.2) is 0 Å². The third kappa shape index (κ3) is 2.68. The standard InChI is InChI=1S/C13H14N2/c14-9-11-4-3-5-12(8-11)10-15-13-6-1-2-7-13/h1-5,8,13,15H,6-7,10H2. The number of rotatable bonds is 3. The molecule has 0 aliphatic heterocycles. The molecule has 0 saturated carbocycles. The van der Waals surface area contributed by atoms with E-state index in [-0.39, 0.29) is 0 Å². The summed E-state index contributed by atoms with van der Waals surface area (Å²) in [6, 6.07) is 10.5. The molecule has 1 aromatic carbocycles. The summed E-state index contributed by atoms with van der Waals surface area (Å²) < 4.78 is 0. The molecular formula is C13H14N2. The second-order valence-corrected chi connectivity index (χ2v) is 3.83. The maximum absolute atomic E-state index is 8.76. The highest BCUT2D eigenvalue weighted by atomic mass is 14.9. The molecule has 15 heavy (non-hydrogen) atoms. The highest BCUT2D eigenvalue weighted by Crippen LogP contribution is 2.10. The number of hydrogen-bond donors (Lipinski definition) is 1. The summed E-state index contributed by atoms with van der Waals surface area (Å²) in [6.45, 7) is 0.849. The second kappa shape index (κ2) is 4.77. The Kier molecular flexibility index (Phi) is 3.16.